The summed E-state index contributed by atoms with van der Waals surface area (Å²) in [5.74, 6) is 3.32. The molecule has 0 unspecified atom stereocenters. The van der Waals surface area contributed by atoms with Crippen molar-refractivity contribution in [3.05, 3.63) is 41.7 Å². The smallest absolute Gasteiger partial charge is 0.138 e. The molecule has 1 N–H and O–H groups in total. The molecule has 124 valence electrons. The number of nitrogens with one attached hydrogen (secondary N) is 1. The summed E-state index contributed by atoms with van der Waals surface area (Å²) in [6, 6.07) is 10.6. The van der Waals surface area contributed by atoms with E-state index in [4.69, 9.17) is 0 Å². The highest BCUT2D eigenvalue weighted by atomic mass is 15.2. The molecule has 0 saturated heterocycles. The molecule has 0 bridgehead atoms. The Labute approximate surface area is 140 Å². The van der Waals surface area contributed by atoms with Crippen molar-refractivity contribution in [2.75, 3.05) is 23.3 Å². The fourth-order valence-corrected chi connectivity index (χ4v) is 2.54. The van der Waals surface area contributed by atoms with Crippen molar-refractivity contribution in [1.29, 1.82) is 0 Å². The Balaban J connectivity index is 2.24. The molecule has 1 heterocycles. The fraction of sp³-hybridized carbons (Fsp3) is 0.474. The van der Waals surface area contributed by atoms with Crippen molar-refractivity contribution in [2.45, 2.75) is 41.0 Å². The van der Waals surface area contributed by atoms with Gasteiger partial charge in [-0.3, -0.25) is 0 Å². The summed E-state index contributed by atoms with van der Waals surface area (Å²) in [4.78, 5) is 11.4. The van der Waals surface area contributed by atoms with Crippen molar-refractivity contribution in [2.24, 2.45) is 5.92 Å². The van der Waals surface area contributed by atoms with Crippen molar-refractivity contribution in [1.82, 2.24) is 9.97 Å². The predicted octanol–water partition coefficient (Wildman–Crippen LogP) is 4.71. The molecule has 2 rings (SSSR count). The minimum Gasteiger partial charge on any atom is -0.370 e. The lowest BCUT2D eigenvalue weighted by molar-refractivity contribution is 0.606. The van der Waals surface area contributed by atoms with Gasteiger partial charge in [-0.2, -0.15) is 0 Å². The second-order valence-corrected chi connectivity index (χ2v) is 6.35. The van der Waals surface area contributed by atoms with Gasteiger partial charge in [-0.05, 0) is 50.8 Å². The number of aryl methyl sites for hydroxylation is 2. The average Bonchev–Trinajstić information content (AvgIpc) is 2.47. The Bertz CT molecular complexity index is 637. The first kappa shape index (κ1) is 17.3. The number of hydrogen-bond acceptors (Lipinski definition) is 4. The average molecular weight is 312 g/mol. The highest BCUT2D eigenvalue weighted by Gasteiger charge is 2.11. The van der Waals surface area contributed by atoms with Crippen LogP contribution in [0.1, 0.15) is 38.6 Å². The van der Waals surface area contributed by atoms with E-state index in [1.165, 1.54) is 11.3 Å². The molecule has 0 spiro atoms. The van der Waals surface area contributed by atoms with E-state index in [0.717, 1.165) is 37.0 Å². The van der Waals surface area contributed by atoms with Crippen LogP contribution in [-0.4, -0.2) is 23.1 Å². The molecule has 0 saturated carbocycles. The van der Waals surface area contributed by atoms with Crippen LogP contribution in [0.25, 0.3) is 0 Å². The number of nitrogens with zero attached hydrogens (tertiary/aromatic N) is 3. The van der Waals surface area contributed by atoms with Crippen molar-refractivity contribution < 1.29 is 0 Å². The van der Waals surface area contributed by atoms with E-state index in [9.17, 15) is 0 Å². The third-order valence-corrected chi connectivity index (χ3v) is 3.76. The van der Waals surface area contributed by atoms with Gasteiger partial charge in [-0.25, -0.2) is 9.97 Å². The number of aromatic nitrogens is 2. The van der Waals surface area contributed by atoms with Crippen molar-refractivity contribution >= 4 is 17.3 Å². The first-order chi connectivity index (χ1) is 11.0. The molecule has 2 aromatic rings. The largest absolute Gasteiger partial charge is 0.370 e. The van der Waals surface area contributed by atoms with Crippen LogP contribution in [0, 0.1) is 19.8 Å². The number of anilines is 3. The third-order valence-electron chi connectivity index (χ3n) is 3.76. The minimum atomic E-state index is 0.685. The molecule has 0 fully saturated rings. The highest BCUT2D eigenvalue weighted by molar-refractivity contribution is 5.63. The zero-order valence-corrected chi connectivity index (χ0v) is 14.9. The lowest BCUT2D eigenvalue weighted by Crippen LogP contribution is -2.19. The van der Waals surface area contributed by atoms with Gasteiger partial charge < -0.3 is 10.2 Å². The monoisotopic (exact) mass is 312 g/mol. The lowest BCUT2D eigenvalue weighted by atomic mass is 10.1. The zero-order chi connectivity index (χ0) is 16.8. The highest BCUT2D eigenvalue weighted by Crippen LogP contribution is 2.25. The molecule has 0 aliphatic heterocycles. The lowest BCUT2D eigenvalue weighted by Gasteiger charge is -2.23. The van der Waals surface area contributed by atoms with E-state index in [1.807, 2.05) is 13.0 Å². The van der Waals surface area contributed by atoms with Crippen LogP contribution >= 0.6 is 0 Å². The molecule has 1 aromatic heterocycles. The Hall–Kier alpha value is -2.10. The normalized spacial score (nSPS) is 10.9. The molecule has 0 radical (unpaired) electrons. The minimum absolute atomic E-state index is 0.685. The summed E-state index contributed by atoms with van der Waals surface area (Å²) < 4.78 is 0. The van der Waals surface area contributed by atoms with Gasteiger partial charge in [-0.15, -0.1) is 0 Å². The van der Waals surface area contributed by atoms with Gasteiger partial charge in [0.2, 0.25) is 0 Å². The van der Waals surface area contributed by atoms with E-state index < -0.39 is 0 Å². The van der Waals surface area contributed by atoms with Gasteiger partial charge in [0, 0.05) is 24.8 Å². The van der Waals surface area contributed by atoms with Crippen molar-refractivity contribution in [3.63, 3.8) is 0 Å². The zero-order valence-electron chi connectivity index (χ0n) is 14.9. The number of rotatable bonds is 7. The van der Waals surface area contributed by atoms with E-state index >= 15 is 0 Å². The molecule has 0 amide bonds. The SMILES string of the molecule is CCN(c1cccc(C)c1)c1cc(NCCC(C)C)nc(C)n1. The Kier molecular flexibility index (Phi) is 5.97. The Morgan fingerprint density at radius 3 is 2.57 bits per heavy atom. The number of hydrogen-bond donors (Lipinski definition) is 1. The number of benzene rings is 1. The molecular formula is C19H28N4. The molecule has 4 nitrogen and oxygen atoms in total. The second-order valence-electron chi connectivity index (χ2n) is 6.35. The Morgan fingerprint density at radius 1 is 1.13 bits per heavy atom. The van der Waals surface area contributed by atoms with Gasteiger partial charge in [0.1, 0.15) is 17.5 Å². The van der Waals surface area contributed by atoms with Gasteiger partial charge in [0.05, 0.1) is 0 Å². The van der Waals surface area contributed by atoms with E-state index in [0.29, 0.717) is 5.92 Å². The van der Waals surface area contributed by atoms with Crippen LogP contribution in [0.2, 0.25) is 0 Å². The van der Waals surface area contributed by atoms with E-state index in [-0.39, 0.29) is 0 Å². The topological polar surface area (TPSA) is 41.0 Å². The van der Waals surface area contributed by atoms with Crippen LogP contribution in [-0.2, 0) is 0 Å². The fourth-order valence-electron chi connectivity index (χ4n) is 2.54. The Morgan fingerprint density at radius 2 is 1.91 bits per heavy atom. The molecule has 4 heteroatoms. The van der Waals surface area contributed by atoms with Crippen LogP contribution < -0.4 is 10.2 Å². The molecule has 0 atom stereocenters. The quantitative estimate of drug-likeness (QED) is 0.804. The molecule has 0 aliphatic rings. The van der Waals surface area contributed by atoms with Gasteiger partial charge in [0.15, 0.2) is 0 Å². The summed E-state index contributed by atoms with van der Waals surface area (Å²) in [5, 5.41) is 3.42. The van der Waals surface area contributed by atoms with Crippen LogP contribution in [0.4, 0.5) is 17.3 Å². The molecular weight excluding hydrogens is 284 g/mol. The predicted molar refractivity (Wildman–Crippen MR) is 98.6 cm³/mol. The van der Waals surface area contributed by atoms with Gasteiger partial charge in [-0.1, -0.05) is 26.0 Å². The first-order valence-corrected chi connectivity index (χ1v) is 8.43. The summed E-state index contributed by atoms with van der Waals surface area (Å²) in [7, 11) is 0. The van der Waals surface area contributed by atoms with Crippen LogP contribution in [0.3, 0.4) is 0 Å². The molecule has 1 aromatic carbocycles. The summed E-state index contributed by atoms with van der Waals surface area (Å²) in [5.41, 5.74) is 2.42. The van der Waals surface area contributed by atoms with Crippen LogP contribution in [0.5, 0.6) is 0 Å². The van der Waals surface area contributed by atoms with Crippen molar-refractivity contribution in [3.8, 4) is 0 Å². The molecule has 23 heavy (non-hydrogen) atoms. The van der Waals surface area contributed by atoms with E-state index in [2.05, 4.69) is 72.1 Å². The van der Waals surface area contributed by atoms with Gasteiger partial charge >= 0.3 is 0 Å². The summed E-state index contributed by atoms with van der Waals surface area (Å²) in [6.45, 7) is 12.5. The maximum Gasteiger partial charge on any atom is 0.138 e. The second kappa shape index (κ2) is 7.95. The van der Waals surface area contributed by atoms with Gasteiger partial charge in [0.25, 0.3) is 0 Å². The maximum absolute atomic E-state index is 4.63. The maximum atomic E-state index is 4.63. The van der Waals surface area contributed by atoms with Crippen LogP contribution in [0.15, 0.2) is 30.3 Å². The summed E-state index contributed by atoms with van der Waals surface area (Å²) in [6.07, 6.45) is 1.13. The standard InChI is InChI=1S/C19H28N4/c1-6-23(17-9-7-8-15(4)12-17)19-13-18(21-16(5)22-19)20-11-10-14(2)3/h7-9,12-14H,6,10-11H2,1-5H3,(H,20,21,22). The summed E-state index contributed by atoms with van der Waals surface area (Å²) >= 11 is 0. The van der Waals surface area contributed by atoms with E-state index in [1.54, 1.807) is 0 Å². The third kappa shape index (κ3) is 4.95. The molecule has 0 aliphatic carbocycles. The first-order valence-electron chi connectivity index (χ1n) is 8.43.